The van der Waals surface area contributed by atoms with Gasteiger partial charge in [-0.3, -0.25) is 9.59 Å². The van der Waals surface area contributed by atoms with Crippen LogP contribution in [0.4, 0.5) is 0 Å². The maximum absolute atomic E-state index is 12.6. The van der Waals surface area contributed by atoms with E-state index in [-0.39, 0.29) is 28.8 Å². The van der Waals surface area contributed by atoms with Gasteiger partial charge in [-0.1, -0.05) is 28.9 Å². The third kappa shape index (κ3) is 3.64. The Labute approximate surface area is 171 Å². The van der Waals surface area contributed by atoms with E-state index >= 15 is 0 Å². The molecule has 3 heterocycles. The van der Waals surface area contributed by atoms with Gasteiger partial charge in [-0.25, -0.2) is 9.67 Å². The number of aromatic amines is 1. The number of halogens is 1. The van der Waals surface area contributed by atoms with Crippen LogP contribution < -0.4 is 5.56 Å². The van der Waals surface area contributed by atoms with Gasteiger partial charge in [0.15, 0.2) is 11.2 Å². The number of piperidine rings is 1. The number of carbonyl (C=O) groups is 1. The number of hydrogen-bond acceptors (Lipinski definition) is 5. The average Bonchev–Trinajstić information content (AvgIpc) is 3.49. The number of likely N-dealkylation sites (tertiary alicyclic amines) is 1. The van der Waals surface area contributed by atoms with Crippen LogP contribution in [0.25, 0.3) is 11.2 Å². The Bertz CT molecular complexity index is 1140. The topological polar surface area (TPSA) is 96.8 Å². The van der Waals surface area contributed by atoms with Gasteiger partial charge in [-0.05, 0) is 43.4 Å². The van der Waals surface area contributed by atoms with Crippen molar-refractivity contribution in [1.82, 2.24) is 29.9 Å². The minimum Gasteiger partial charge on any atom is -0.342 e. The van der Waals surface area contributed by atoms with Crippen molar-refractivity contribution in [2.45, 2.75) is 38.1 Å². The Morgan fingerprint density at radius 3 is 2.93 bits per heavy atom. The number of nitrogens with one attached hydrogen (secondary N) is 1. The number of rotatable bonds is 4. The second-order valence-corrected chi connectivity index (χ2v) is 8.33. The molecule has 3 aromatic rings. The quantitative estimate of drug-likeness (QED) is 0.709. The zero-order valence-electron chi connectivity index (χ0n) is 15.8. The third-order valence-electron chi connectivity index (χ3n) is 5.66. The number of benzene rings is 1. The maximum Gasteiger partial charge on any atom is 0.281 e. The lowest BCUT2D eigenvalue weighted by Crippen LogP contribution is -2.40. The monoisotopic (exact) mass is 412 g/mol. The molecule has 0 spiro atoms. The molecule has 1 amide bonds. The third-order valence-corrected chi connectivity index (χ3v) is 5.89. The van der Waals surface area contributed by atoms with E-state index in [4.69, 9.17) is 16.6 Å². The van der Waals surface area contributed by atoms with Crippen molar-refractivity contribution in [3.8, 4) is 0 Å². The number of H-pyrrole nitrogens is 1. The number of carbonyl (C=O) groups excluding carboxylic acids is 1. The summed E-state index contributed by atoms with van der Waals surface area (Å²) in [6.07, 6.45) is 3.79. The van der Waals surface area contributed by atoms with Crippen molar-refractivity contribution in [3.63, 3.8) is 0 Å². The molecular formula is C20H21ClN6O2. The molecule has 1 saturated carbocycles. The Hall–Kier alpha value is -2.74. The van der Waals surface area contributed by atoms with Crippen molar-refractivity contribution in [2.75, 3.05) is 13.1 Å². The maximum atomic E-state index is 12.6. The molecule has 1 aromatic carbocycles. The highest BCUT2D eigenvalue weighted by molar-refractivity contribution is 6.30. The second-order valence-electron chi connectivity index (χ2n) is 7.90. The van der Waals surface area contributed by atoms with Crippen LogP contribution in [0, 0.1) is 5.92 Å². The van der Waals surface area contributed by atoms with Crippen molar-refractivity contribution in [1.29, 1.82) is 0 Å². The molecule has 8 nitrogen and oxygen atoms in total. The fourth-order valence-corrected chi connectivity index (χ4v) is 4.19. The fourth-order valence-electron chi connectivity index (χ4n) is 3.98. The van der Waals surface area contributed by atoms with Crippen LogP contribution in [0.1, 0.15) is 43.0 Å². The fraction of sp³-hybridized carbons (Fsp3) is 0.450. The normalized spacial score (nSPS) is 19.6. The summed E-state index contributed by atoms with van der Waals surface area (Å²) in [4.78, 5) is 34.5. The predicted molar refractivity (Wildman–Crippen MR) is 108 cm³/mol. The van der Waals surface area contributed by atoms with Crippen LogP contribution in [0.5, 0.6) is 0 Å². The summed E-state index contributed by atoms with van der Waals surface area (Å²) in [5, 5.41) is 8.77. The van der Waals surface area contributed by atoms with Gasteiger partial charge in [0, 0.05) is 29.9 Å². The van der Waals surface area contributed by atoms with Crippen molar-refractivity contribution < 1.29 is 4.79 Å². The zero-order chi connectivity index (χ0) is 20.0. The van der Waals surface area contributed by atoms with E-state index in [1.54, 1.807) is 4.68 Å². The summed E-state index contributed by atoms with van der Waals surface area (Å²) in [6.45, 7) is 1.80. The van der Waals surface area contributed by atoms with Gasteiger partial charge < -0.3 is 9.88 Å². The molecule has 2 aromatic heterocycles. The van der Waals surface area contributed by atoms with Gasteiger partial charge in [0.05, 0.1) is 6.54 Å². The highest BCUT2D eigenvalue weighted by Crippen LogP contribution is 2.33. The van der Waals surface area contributed by atoms with Crippen LogP contribution in [0.15, 0.2) is 29.1 Å². The van der Waals surface area contributed by atoms with Gasteiger partial charge in [0.25, 0.3) is 5.56 Å². The minimum absolute atomic E-state index is 0.0121. The number of fused-ring (bicyclic) bond motifs is 1. The van der Waals surface area contributed by atoms with E-state index in [1.165, 1.54) is 0 Å². The predicted octanol–water partition coefficient (Wildman–Crippen LogP) is 2.33. The molecule has 2 fully saturated rings. The summed E-state index contributed by atoms with van der Waals surface area (Å²) < 4.78 is 1.62. The number of nitrogens with zero attached hydrogens (tertiary/aromatic N) is 5. The molecule has 0 radical (unpaired) electrons. The minimum atomic E-state index is -0.298. The number of hydrogen-bond donors (Lipinski definition) is 1. The molecule has 1 atom stereocenters. The largest absolute Gasteiger partial charge is 0.342 e. The molecule has 5 rings (SSSR count). The Balaban J connectivity index is 1.45. The molecule has 0 bridgehead atoms. The van der Waals surface area contributed by atoms with E-state index in [2.05, 4.69) is 15.3 Å². The molecule has 150 valence electrons. The molecule has 9 heteroatoms. The lowest BCUT2D eigenvalue weighted by Gasteiger charge is -2.32. The highest BCUT2D eigenvalue weighted by Gasteiger charge is 2.36. The summed E-state index contributed by atoms with van der Waals surface area (Å²) in [5.41, 5.74) is 1.33. The van der Waals surface area contributed by atoms with Gasteiger partial charge in [-0.2, -0.15) is 0 Å². The Morgan fingerprint density at radius 1 is 1.28 bits per heavy atom. The van der Waals surface area contributed by atoms with E-state index < -0.39 is 0 Å². The summed E-state index contributed by atoms with van der Waals surface area (Å²) in [7, 11) is 0. The van der Waals surface area contributed by atoms with Crippen LogP contribution >= 0.6 is 11.6 Å². The molecular weight excluding hydrogens is 392 g/mol. The lowest BCUT2D eigenvalue weighted by atomic mass is 9.96. The van der Waals surface area contributed by atoms with E-state index in [0.29, 0.717) is 29.6 Å². The average molecular weight is 413 g/mol. The summed E-state index contributed by atoms with van der Waals surface area (Å²) in [5.74, 6) is 1.06. The summed E-state index contributed by atoms with van der Waals surface area (Å²) in [6, 6.07) is 7.47. The van der Waals surface area contributed by atoms with E-state index in [1.807, 2.05) is 29.2 Å². The molecule has 2 aliphatic rings. The molecule has 29 heavy (non-hydrogen) atoms. The Kier molecular flexibility index (Phi) is 4.58. The Morgan fingerprint density at radius 2 is 2.14 bits per heavy atom. The zero-order valence-corrected chi connectivity index (χ0v) is 16.6. The van der Waals surface area contributed by atoms with Gasteiger partial charge >= 0.3 is 0 Å². The van der Waals surface area contributed by atoms with E-state index in [9.17, 15) is 9.59 Å². The van der Waals surface area contributed by atoms with Gasteiger partial charge in [0.2, 0.25) is 5.91 Å². The number of aromatic nitrogens is 5. The first-order chi connectivity index (χ1) is 14.1. The molecule has 1 saturated heterocycles. The smallest absolute Gasteiger partial charge is 0.281 e. The van der Waals surface area contributed by atoms with Crippen LogP contribution in [-0.2, 0) is 11.3 Å². The second kappa shape index (κ2) is 7.26. The molecule has 1 aliphatic carbocycles. The standard InChI is InChI=1S/C20H21ClN6O2/c21-15-5-1-3-12(9-15)10-27-18-16(24-25-27)19(28)23-17(22-18)14-4-2-8-26(11-14)20(29)13-6-7-13/h1,3,5,9,13-14H,2,4,6-8,10-11H2,(H,22,23,28)/t14-/m0/s1. The van der Waals surface area contributed by atoms with Crippen LogP contribution in [0.3, 0.4) is 0 Å². The van der Waals surface area contributed by atoms with Gasteiger partial charge in [-0.15, -0.1) is 5.10 Å². The first-order valence-corrected chi connectivity index (χ1v) is 10.3. The summed E-state index contributed by atoms with van der Waals surface area (Å²) >= 11 is 6.07. The molecule has 1 N–H and O–H groups in total. The van der Waals surface area contributed by atoms with Crippen molar-refractivity contribution in [3.05, 3.63) is 51.0 Å². The first-order valence-electron chi connectivity index (χ1n) is 9.95. The van der Waals surface area contributed by atoms with E-state index in [0.717, 1.165) is 37.8 Å². The molecule has 1 aliphatic heterocycles. The number of amides is 1. The SMILES string of the molecule is O=C(C1CC1)N1CCC[C@H](c2nc3c(nnn3Cc3cccc(Cl)c3)c(=O)[nH]2)C1. The van der Waals surface area contributed by atoms with Crippen LogP contribution in [0.2, 0.25) is 5.02 Å². The highest BCUT2D eigenvalue weighted by atomic mass is 35.5. The molecule has 0 unspecified atom stereocenters. The first kappa shape index (κ1) is 18.3. The lowest BCUT2D eigenvalue weighted by molar-refractivity contribution is -0.133. The van der Waals surface area contributed by atoms with Crippen molar-refractivity contribution in [2.24, 2.45) is 5.92 Å². The van der Waals surface area contributed by atoms with Crippen molar-refractivity contribution >= 4 is 28.7 Å². The van der Waals surface area contributed by atoms with Gasteiger partial charge in [0.1, 0.15) is 5.82 Å². The van der Waals surface area contributed by atoms with Crippen LogP contribution in [-0.4, -0.2) is 48.9 Å².